The largest absolute Gasteiger partial charge is 0.355 e. The molecule has 3 amide bonds. The van der Waals surface area contributed by atoms with Gasteiger partial charge in [0.2, 0.25) is 11.8 Å². The van der Waals surface area contributed by atoms with Gasteiger partial charge in [-0.05, 0) is 41.5 Å². The van der Waals surface area contributed by atoms with E-state index in [9.17, 15) is 14.4 Å². The van der Waals surface area contributed by atoms with E-state index < -0.39 is 0 Å². The molecule has 2 rings (SSSR count). The summed E-state index contributed by atoms with van der Waals surface area (Å²) in [4.78, 5) is 36.4. The molecule has 0 aliphatic carbocycles. The van der Waals surface area contributed by atoms with Crippen molar-refractivity contribution in [3.05, 3.63) is 71.3 Å². The van der Waals surface area contributed by atoms with Crippen molar-refractivity contribution >= 4 is 29.5 Å². The summed E-state index contributed by atoms with van der Waals surface area (Å²) in [6, 6.07) is 14.3. The van der Waals surface area contributed by atoms with Crippen LogP contribution >= 0.6 is 0 Å². The van der Waals surface area contributed by atoms with Gasteiger partial charge in [0.25, 0.3) is 5.91 Å². The molecular weight excluding hydrogens is 342 g/mol. The molecule has 0 bridgehead atoms. The van der Waals surface area contributed by atoms with Crippen LogP contribution in [0, 0.1) is 0 Å². The number of rotatable bonds is 6. The Morgan fingerprint density at radius 2 is 1.63 bits per heavy atom. The Morgan fingerprint density at radius 1 is 1.00 bits per heavy atom. The summed E-state index contributed by atoms with van der Waals surface area (Å²) in [6.07, 6.45) is 3.23. The average molecular weight is 365 g/mol. The summed E-state index contributed by atoms with van der Waals surface area (Å²) < 4.78 is 0. The average Bonchev–Trinajstić information content (AvgIpc) is 2.66. The number of nitrogens with zero attached hydrogens (tertiary/aromatic N) is 1. The third-order valence-corrected chi connectivity index (χ3v) is 3.89. The Hall–Kier alpha value is -3.41. The van der Waals surface area contributed by atoms with Crippen LogP contribution in [0.2, 0.25) is 0 Å². The number of carbonyl (C=O) groups is 3. The minimum Gasteiger partial charge on any atom is -0.355 e. The molecule has 0 saturated heterocycles. The lowest BCUT2D eigenvalue weighted by atomic mass is 10.1. The maximum absolute atomic E-state index is 12.3. The molecule has 0 fully saturated rings. The van der Waals surface area contributed by atoms with Crippen molar-refractivity contribution in [3.63, 3.8) is 0 Å². The van der Waals surface area contributed by atoms with Crippen LogP contribution in [0.25, 0.3) is 6.08 Å². The Bertz CT molecular complexity index is 840. The van der Waals surface area contributed by atoms with Crippen molar-refractivity contribution in [2.45, 2.75) is 13.5 Å². The number of carbonyl (C=O) groups excluding carboxylic acids is 3. The fourth-order valence-electron chi connectivity index (χ4n) is 2.43. The number of hydrogen-bond acceptors (Lipinski definition) is 3. The summed E-state index contributed by atoms with van der Waals surface area (Å²) in [6.45, 7) is 1.90. The van der Waals surface area contributed by atoms with Gasteiger partial charge in [-0.1, -0.05) is 24.3 Å². The molecule has 0 spiro atoms. The lowest BCUT2D eigenvalue weighted by Gasteiger charge is -2.15. The number of amides is 3. The van der Waals surface area contributed by atoms with Gasteiger partial charge in [0.1, 0.15) is 0 Å². The lowest BCUT2D eigenvalue weighted by Crippen LogP contribution is -2.24. The highest BCUT2D eigenvalue weighted by Gasteiger charge is 2.07. The zero-order chi connectivity index (χ0) is 19.8. The van der Waals surface area contributed by atoms with Crippen molar-refractivity contribution in [1.82, 2.24) is 10.2 Å². The number of benzene rings is 2. The second-order valence-electron chi connectivity index (χ2n) is 6.11. The van der Waals surface area contributed by atoms with Crippen molar-refractivity contribution in [2.24, 2.45) is 0 Å². The van der Waals surface area contributed by atoms with Crippen LogP contribution < -0.4 is 10.6 Å². The van der Waals surface area contributed by atoms with Crippen LogP contribution in [0.4, 0.5) is 5.69 Å². The van der Waals surface area contributed by atoms with Crippen LogP contribution in [0.15, 0.2) is 54.6 Å². The predicted octanol–water partition coefficient (Wildman–Crippen LogP) is 2.68. The molecule has 0 aliphatic heterocycles. The maximum Gasteiger partial charge on any atom is 0.251 e. The van der Waals surface area contributed by atoms with Crippen LogP contribution in [-0.4, -0.2) is 36.7 Å². The van der Waals surface area contributed by atoms with Gasteiger partial charge < -0.3 is 15.5 Å². The minimum absolute atomic E-state index is 0.126. The molecule has 2 N–H and O–H groups in total. The van der Waals surface area contributed by atoms with E-state index in [1.54, 1.807) is 49.3 Å². The van der Waals surface area contributed by atoms with Gasteiger partial charge in [-0.15, -0.1) is 0 Å². The van der Waals surface area contributed by atoms with E-state index in [1.807, 2.05) is 24.3 Å². The summed E-state index contributed by atoms with van der Waals surface area (Å²) in [7, 11) is 3.31. The van der Waals surface area contributed by atoms with Gasteiger partial charge >= 0.3 is 0 Å². The Morgan fingerprint density at radius 3 is 2.19 bits per heavy atom. The van der Waals surface area contributed by atoms with E-state index >= 15 is 0 Å². The highest BCUT2D eigenvalue weighted by atomic mass is 16.2. The van der Waals surface area contributed by atoms with Crippen LogP contribution in [0.3, 0.4) is 0 Å². The molecule has 0 heterocycles. The fraction of sp³-hybridized carbons (Fsp3) is 0.190. The lowest BCUT2D eigenvalue weighted by molar-refractivity contribution is -0.125. The molecule has 6 nitrogen and oxygen atoms in total. The SMILES string of the molecule is CNC(=O)c1ccc(CN(C)C(=O)/C=C/c2ccc(NC(C)=O)cc2)cc1. The van der Waals surface area contributed by atoms with E-state index in [0.29, 0.717) is 17.8 Å². The first-order valence-corrected chi connectivity index (χ1v) is 8.51. The van der Waals surface area contributed by atoms with E-state index in [4.69, 9.17) is 0 Å². The second kappa shape index (κ2) is 9.33. The number of nitrogens with one attached hydrogen (secondary N) is 2. The Balaban J connectivity index is 1.93. The molecule has 6 heteroatoms. The third kappa shape index (κ3) is 6.11. The van der Waals surface area contributed by atoms with Gasteiger partial charge in [0, 0.05) is 44.9 Å². The summed E-state index contributed by atoms with van der Waals surface area (Å²) in [5, 5.41) is 5.27. The molecule has 0 aliphatic rings. The second-order valence-corrected chi connectivity index (χ2v) is 6.11. The number of hydrogen-bond donors (Lipinski definition) is 2. The summed E-state index contributed by atoms with van der Waals surface area (Å²) in [5.74, 6) is -0.395. The maximum atomic E-state index is 12.3. The van der Waals surface area contributed by atoms with Gasteiger partial charge in [-0.2, -0.15) is 0 Å². The topological polar surface area (TPSA) is 78.5 Å². The van der Waals surface area contributed by atoms with Crippen molar-refractivity contribution in [2.75, 3.05) is 19.4 Å². The molecule has 2 aromatic rings. The normalized spacial score (nSPS) is 10.5. The molecule has 0 radical (unpaired) electrons. The first-order chi connectivity index (χ1) is 12.9. The Kier molecular flexibility index (Phi) is 6.88. The highest BCUT2D eigenvalue weighted by molar-refractivity contribution is 5.94. The Labute approximate surface area is 158 Å². The van der Waals surface area contributed by atoms with Gasteiger partial charge in [-0.25, -0.2) is 0 Å². The zero-order valence-corrected chi connectivity index (χ0v) is 15.7. The first-order valence-electron chi connectivity index (χ1n) is 8.51. The van der Waals surface area contributed by atoms with Crippen molar-refractivity contribution < 1.29 is 14.4 Å². The van der Waals surface area contributed by atoms with Crippen LogP contribution in [0.5, 0.6) is 0 Å². The monoisotopic (exact) mass is 365 g/mol. The molecule has 0 saturated carbocycles. The van der Waals surface area contributed by atoms with Crippen molar-refractivity contribution in [3.8, 4) is 0 Å². The highest BCUT2D eigenvalue weighted by Crippen LogP contribution is 2.11. The predicted molar refractivity (Wildman–Crippen MR) is 106 cm³/mol. The van der Waals surface area contributed by atoms with E-state index in [-0.39, 0.29) is 17.7 Å². The van der Waals surface area contributed by atoms with Crippen LogP contribution in [0.1, 0.15) is 28.4 Å². The van der Waals surface area contributed by atoms with Crippen LogP contribution in [-0.2, 0) is 16.1 Å². The molecule has 0 atom stereocenters. The minimum atomic E-state index is -0.140. The van der Waals surface area contributed by atoms with E-state index in [1.165, 1.54) is 13.0 Å². The third-order valence-electron chi connectivity index (χ3n) is 3.89. The quantitative estimate of drug-likeness (QED) is 0.773. The summed E-state index contributed by atoms with van der Waals surface area (Å²) >= 11 is 0. The van der Waals surface area contributed by atoms with E-state index in [0.717, 1.165) is 11.1 Å². The molecule has 0 aromatic heterocycles. The smallest absolute Gasteiger partial charge is 0.251 e. The first kappa shape index (κ1) is 19.9. The molecule has 27 heavy (non-hydrogen) atoms. The molecule has 2 aromatic carbocycles. The van der Waals surface area contributed by atoms with Gasteiger partial charge in [0.15, 0.2) is 0 Å². The summed E-state index contributed by atoms with van der Waals surface area (Å²) in [5.41, 5.74) is 3.09. The zero-order valence-electron chi connectivity index (χ0n) is 15.7. The molecular formula is C21H23N3O3. The molecule has 0 unspecified atom stereocenters. The number of likely N-dealkylation sites (N-methyl/N-ethyl adjacent to an activating group) is 1. The van der Waals surface area contributed by atoms with Gasteiger partial charge in [-0.3, -0.25) is 14.4 Å². The number of anilines is 1. The fourth-order valence-corrected chi connectivity index (χ4v) is 2.43. The molecule has 140 valence electrons. The van der Waals surface area contributed by atoms with Crippen molar-refractivity contribution in [1.29, 1.82) is 0 Å². The van der Waals surface area contributed by atoms with Gasteiger partial charge in [0.05, 0.1) is 0 Å². The van der Waals surface area contributed by atoms with E-state index in [2.05, 4.69) is 10.6 Å². The standard InChI is InChI=1S/C21H23N3O3/c1-15(25)23-19-11-6-16(7-12-19)8-13-20(26)24(3)14-17-4-9-18(10-5-17)21(27)22-2/h4-13H,14H2,1-3H3,(H,22,27)(H,23,25)/b13-8+.